The summed E-state index contributed by atoms with van der Waals surface area (Å²) < 4.78 is 67.6. The molecule has 0 amide bonds. The number of rotatable bonds is 15. The molecule has 0 bridgehead atoms. The van der Waals surface area contributed by atoms with E-state index in [9.17, 15) is 24.3 Å². The molecule has 0 aromatic heterocycles. The van der Waals surface area contributed by atoms with E-state index < -0.39 is 97.7 Å². The molecule has 1 N–H and O–H groups in total. The number of fused-ring (bicyclic) bond motifs is 1. The van der Waals surface area contributed by atoms with Crippen molar-refractivity contribution in [2.45, 2.75) is 81.0 Å². The summed E-state index contributed by atoms with van der Waals surface area (Å²) in [5, 5.41) is 12.5. The normalized spacial score (nSPS) is 26.5. The molecule has 0 unspecified atom stereocenters. The summed E-state index contributed by atoms with van der Waals surface area (Å²) >= 11 is 0. The lowest BCUT2D eigenvalue weighted by Gasteiger charge is -2.47. The van der Waals surface area contributed by atoms with Gasteiger partial charge in [0.2, 0.25) is 6.29 Å². The molecule has 66 heavy (non-hydrogen) atoms. The minimum atomic E-state index is -1.81. The smallest absolute Gasteiger partial charge is 0.338 e. The Balaban J connectivity index is 1.15. The van der Waals surface area contributed by atoms with E-state index in [4.69, 9.17) is 52.1 Å². The van der Waals surface area contributed by atoms with Crippen LogP contribution in [-0.4, -0.2) is 117 Å². The highest BCUT2D eigenvalue weighted by Gasteiger charge is 2.60. The molecular formula is C50H48O16. The van der Waals surface area contributed by atoms with E-state index in [2.05, 4.69) is 0 Å². The van der Waals surface area contributed by atoms with Crippen molar-refractivity contribution in [1.82, 2.24) is 0 Å². The first-order valence-corrected chi connectivity index (χ1v) is 21.2. The van der Waals surface area contributed by atoms with Crippen molar-refractivity contribution in [1.29, 1.82) is 0 Å². The Morgan fingerprint density at radius 3 is 1.44 bits per heavy atom. The average molecular weight is 905 g/mol. The third-order valence-electron chi connectivity index (χ3n) is 10.9. The Kier molecular flexibility index (Phi) is 14.4. The van der Waals surface area contributed by atoms with Crippen molar-refractivity contribution >= 4 is 23.9 Å². The predicted octanol–water partition coefficient (Wildman–Crippen LogP) is 5.96. The number of carbonyl (C=O) groups excluding carboxylic acids is 4. The van der Waals surface area contributed by atoms with Crippen LogP contribution < -0.4 is 9.47 Å². The van der Waals surface area contributed by atoms with E-state index in [1.54, 1.807) is 147 Å². The number of ether oxygens (including phenoxy) is 11. The molecule has 3 heterocycles. The van der Waals surface area contributed by atoms with Gasteiger partial charge >= 0.3 is 23.9 Å². The van der Waals surface area contributed by atoms with Crippen molar-refractivity contribution in [3.63, 3.8) is 0 Å². The van der Waals surface area contributed by atoms with Crippen molar-refractivity contribution in [3.8, 4) is 11.5 Å². The van der Waals surface area contributed by atoms with Gasteiger partial charge in [0, 0.05) is 0 Å². The fourth-order valence-corrected chi connectivity index (χ4v) is 7.73. The second-order valence-electron chi connectivity index (χ2n) is 15.9. The number of methoxy groups -OCH3 is 1. The molecule has 5 aromatic rings. The molecule has 5 aromatic carbocycles. The molecule has 16 heteroatoms. The summed E-state index contributed by atoms with van der Waals surface area (Å²) in [6, 6.07) is 39.3. The highest BCUT2D eigenvalue weighted by Crippen LogP contribution is 2.41. The van der Waals surface area contributed by atoms with Gasteiger partial charge in [-0.05, 0) is 86.6 Å². The summed E-state index contributed by atoms with van der Waals surface area (Å²) in [5.41, 5.74) is 0.875. The molecule has 16 nitrogen and oxygen atoms in total. The molecule has 0 aliphatic carbocycles. The number of aliphatic hydroxyl groups is 1. The van der Waals surface area contributed by atoms with Crippen LogP contribution in [0.3, 0.4) is 0 Å². The van der Waals surface area contributed by atoms with Crippen LogP contribution in [0.5, 0.6) is 11.5 Å². The van der Waals surface area contributed by atoms with Crippen molar-refractivity contribution in [2.75, 3.05) is 20.3 Å². The van der Waals surface area contributed by atoms with Gasteiger partial charge in [-0.1, -0.05) is 72.8 Å². The molecule has 0 spiro atoms. The molecule has 344 valence electrons. The number of esters is 4. The second kappa shape index (κ2) is 20.7. The van der Waals surface area contributed by atoms with Gasteiger partial charge in [-0.3, -0.25) is 0 Å². The van der Waals surface area contributed by atoms with Gasteiger partial charge in [-0.2, -0.15) is 0 Å². The highest BCUT2D eigenvalue weighted by atomic mass is 16.8. The quantitative estimate of drug-likeness (QED) is 0.0957. The third-order valence-corrected chi connectivity index (χ3v) is 10.9. The van der Waals surface area contributed by atoms with Gasteiger partial charge in [0.25, 0.3) is 0 Å². The summed E-state index contributed by atoms with van der Waals surface area (Å²) in [4.78, 5) is 54.2. The first-order chi connectivity index (χ1) is 32.0. The van der Waals surface area contributed by atoms with Gasteiger partial charge in [0.05, 0.1) is 29.4 Å². The van der Waals surface area contributed by atoms with Crippen LogP contribution in [0.2, 0.25) is 0 Å². The summed E-state index contributed by atoms with van der Waals surface area (Å²) in [7, 11) is 1.51. The Morgan fingerprint density at radius 2 is 0.939 bits per heavy atom. The Bertz CT molecular complexity index is 2400. The average Bonchev–Trinajstić information content (AvgIpc) is 3.69. The molecule has 0 radical (unpaired) electrons. The first kappa shape index (κ1) is 45.9. The maximum Gasteiger partial charge on any atom is 0.338 e. The largest absolute Gasteiger partial charge is 0.497 e. The lowest BCUT2D eigenvalue weighted by Crippen LogP contribution is -2.66. The van der Waals surface area contributed by atoms with Gasteiger partial charge in [0.1, 0.15) is 61.3 Å². The lowest BCUT2D eigenvalue weighted by atomic mass is 9.96. The second-order valence-corrected chi connectivity index (χ2v) is 15.9. The van der Waals surface area contributed by atoms with E-state index >= 15 is 0 Å². The van der Waals surface area contributed by atoms with E-state index in [0.29, 0.717) is 5.75 Å². The number of aliphatic hydroxyl groups excluding tert-OH is 1. The van der Waals surface area contributed by atoms with Crippen molar-refractivity contribution in [3.05, 3.63) is 168 Å². The number of hydrogen-bond acceptors (Lipinski definition) is 16. The van der Waals surface area contributed by atoms with Crippen LogP contribution in [-0.2, 0) is 42.6 Å². The first-order valence-electron chi connectivity index (χ1n) is 21.2. The van der Waals surface area contributed by atoms with Crippen LogP contribution in [0.15, 0.2) is 146 Å². The molecule has 0 saturated carbocycles. The standard InChI is InChI=1S/C50H48O16/c1-50(2)65-40-37(29-58-45(53)31-18-10-5-11-19-31)61-49(43(42(40)66-50)63-47(55)33-22-14-7-15-23-33)64-39-36(28-57-44(52)30-16-8-4-9-17-30)60-48(59-35-26-24-34(56-3)25-27-35)41(38(39)51)62-46(54)32-20-12-6-13-21-32/h4-27,36-43,48-49,51H,28-29H2,1-3H3/t36-,37-,38+,39-,40+,41-,42+,43-,48-,49+/m1/s1. The maximum atomic E-state index is 13.8. The molecular weight excluding hydrogens is 857 g/mol. The van der Waals surface area contributed by atoms with Crippen LogP contribution >= 0.6 is 0 Å². The summed E-state index contributed by atoms with van der Waals surface area (Å²) in [6.07, 6.45) is -14.1. The van der Waals surface area contributed by atoms with Gasteiger partial charge in [-0.15, -0.1) is 0 Å². The fourth-order valence-electron chi connectivity index (χ4n) is 7.73. The Hall–Kier alpha value is -6.66. The van der Waals surface area contributed by atoms with E-state index in [0.717, 1.165) is 0 Å². The summed E-state index contributed by atoms with van der Waals surface area (Å²) in [6.45, 7) is 2.42. The van der Waals surface area contributed by atoms with Crippen LogP contribution in [0.1, 0.15) is 55.3 Å². The Morgan fingerprint density at radius 1 is 0.515 bits per heavy atom. The zero-order valence-corrected chi connectivity index (χ0v) is 36.1. The zero-order valence-electron chi connectivity index (χ0n) is 36.1. The lowest BCUT2D eigenvalue weighted by molar-refractivity contribution is -0.343. The maximum absolute atomic E-state index is 13.8. The predicted molar refractivity (Wildman–Crippen MR) is 230 cm³/mol. The molecule has 3 saturated heterocycles. The van der Waals surface area contributed by atoms with E-state index in [-0.39, 0.29) is 34.6 Å². The monoisotopic (exact) mass is 904 g/mol. The topological polar surface area (TPSA) is 190 Å². The number of carbonyl (C=O) groups is 4. The number of hydrogen-bond donors (Lipinski definition) is 1. The fraction of sp³-hybridized carbons (Fsp3) is 0.320. The van der Waals surface area contributed by atoms with E-state index in [1.807, 2.05) is 0 Å². The van der Waals surface area contributed by atoms with E-state index in [1.165, 1.54) is 19.2 Å². The molecule has 8 rings (SSSR count). The van der Waals surface area contributed by atoms with Crippen LogP contribution in [0.4, 0.5) is 0 Å². The summed E-state index contributed by atoms with van der Waals surface area (Å²) in [5.74, 6) is -3.44. The van der Waals surface area contributed by atoms with Gasteiger partial charge < -0.3 is 57.2 Å². The minimum absolute atomic E-state index is 0.160. The number of benzene rings is 5. The highest BCUT2D eigenvalue weighted by molar-refractivity contribution is 5.91. The zero-order chi connectivity index (χ0) is 46.2. The molecule has 3 aliphatic rings. The SMILES string of the molecule is COc1ccc(O[C@@H]2O[C@H](COC(=O)c3ccccc3)[C@@H](O[C@@H]3O[C@H](COC(=O)c4ccccc4)[C@@H]4OC(C)(C)O[C@@H]4[C@H]3OC(=O)c3ccccc3)[C@H](O)[C@H]2OC(=O)c2ccccc2)cc1. The third kappa shape index (κ3) is 10.9. The van der Waals surface area contributed by atoms with Crippen molar-refractivity contribution < 1.29 is 76.4 Å². The van der Waals surface area contributed by atoms with Crippen LogP contribution in [0, 0.1) is 0 Å². The van der Waals surface area contributed by atoms with Crippen molar-refractivity contribution in [2.24, 2.45) is 0 Å². The van der Waals surface area contributed by atoms with Gasteiger partial charge in [-0.25, -0.2) is 19.2 Å². The molecule has 10 atom stereocenters. The Labute approximate surface area is 380 Å². The van der Waals surface area contributed by atoms with Crippen LogP contribution in [0.25, 0.3) is 0 Å². The molecule has 3 fully saturated rings. The molecule has 3 aliphatic heterocycles. The van der Waals surface area contributed by atoms with Gasteiger partial charge in [0.15, 0.2) is 24.3 Å². The minimum Gasteiger partial charge on any atom is -0.497 e.